The Hall–Kier alpha value is 0.300. The quantitative estimate of drug-likeness (QED) is 0.587. The van der Waals surface area contributed by atoms with E-state index in [-0.39, 0.29) is 0 Å². The summed E-state index contributed by atoms with van der Waals surface area (Å²) in [4.78, 5) is 0. The van der Waals surface area contributed by atoms with Gasteiger partial charge in [-0.05, 0) is 23.9 Å². The van der Waals surface area contributed by atoms with Crippen molar-refractivity contribution in [2.45, 2.75) is 46.7 Å². The summed E-state index contributed by atoms with van der Waals surface area (Å²) in [6, 6.07) is 0. The predicted molar refractivity (Wildman–Crippen MR) is 64.0 cm³/mol. The van der Waals surface area contributed by atoms with Crippen LogP contribution in [0.3, 0.4) is 0 Å². The molecule has 0 N–H and O–H groups in total. The highest BCUT2D eigenvalue weighted by atomic mass is 31.2. The smallest absolute Gasteiger partial charge is 0.0275 e. The van der Waals surface area contributed by atoms with E-state index in [0.29, 0.717) is 5.41 Å². The van der Waals surface area contributed by atoms with E-state index in [1.807, 2.05) is 0 Å². The molecule has 74 valence electrons. The molecule has 0 nitrogen and oxygen atoms in total. The molecular formula is C11H25P. The number of hydrogen-bond acceptors (Lipinski definition) is 0. The second kappa shape index (κ2) is 4.01. The molecule has 0 aliphatic heterocycles. The van der Waals surface area contributed by atoms with Gasteiger partial charge in [0.05, 0.1) is 0 Å². The largest absolute Gasteiger partial charge is 0.112 e. The van der Waals surface area contributed by atoms with E-state index >= 15 is 0 Å². The van der Waals surface area contributed by atoms with Crippen LogP contribution in [-0.4, -0.2) is 24.8 Å². The zero-order valence-electron chi connectivity index (χ0n) is 9.65. The molecule has 0 heterocycles. The highest BCUT2D eigenvalue weighted by Gasteiger charge is 2.23. The second-order valence-electron chi connectivity index (χ2n) is 5.25. The first-order valence-corrected chi connectivity index (χ1v) is 7.58. The van der Waals surface area contributed by atoms with E-state index in [4.69, 9.17) is 0 Å². The molecule has 0 aromatic heterocycles. The van der Waals surface area contributed by atoms with Gasteiger partial charge in [0.1, 0.15) is 0 Å². The summed E-state index contributed by atoms with van der Waals surface area (Å²) in [5.41, 5.74) is 1.28. The molecule has 0 radical (unpaired) electrons. The standard InChI is InChI=1S/C11H25P/c1-8-11(4,5)9-12(6,7)10(2)3/h10H,6,8-9H2,1-5,7H3. The third kappa shape index (κ3) is 3.81. The fraction of sp³-hybridized carbons (Fsp3) is 0.909. The predicted octanol–water partition coefficient (Wildman–Crippen LogP) is 3.91. The lowest BCUT2D eigenvalue weighted by Crippen LogP contribution is -2.18. The lowest BCUT2D eigenvalue weighted by molar-refractivity contribution is 0.404. The minimum Gasteiger partial charge on any atom is -0.112 e. The van der Waals surface area contributed by atoms with Crippen molar-refractivity contribution in [2.24, 2.45) is 5.41 Å². The summed E-state index contributed by atoms with van der Waals surface area (Å²) >= 11 is 0. The maximum Gasteiger partial charge on any atom is -0.0275 e. The van der Waals surface area contributed by atoms with Gasteiger partial charge in [0.2, 0.25) is 0 Å². The Morgan fingerprint density at radius 3 is 2.00 bits per heavy atom. The first kappa shape index (κ1) is 12.3. The van der Waals surface area contributed by atoms with Gasteiger partial charge in [-0.25, -0.2) is 0 Å². The molecule has 0 spiro atoms. The molecule has 0 aromatic rings. The third-order valence-electron chi connectivity index (χ3n) is 2.99. The van der Waals surface area contributed by atoms with Crippen LogP contribution in [0.2, 0.25) is 0 Å². The molecule has 0 aliphatic rings. The van der Waals surface area contributed by atoms with Gasteiger partial charge in [-0.2, -0.15) is 0 Å². The maximum absolute atomic E-state index is 4.41. The topological polar surface area (TPSA) is 0 Å². The Balaban J connectivity index is 4.35. The molecule has 1 heteroatoms. The van der Waals surface area contributed by atoms with Gasteiger partial charge in [-0.1, -0.05) is 41.0 Å². The van der Waals surface area contributed by atoms with Crippen LogP contribution in [0, 0.1) is 5.41 Å². The minimum atomic E-state index is -0.903. The van der Waals surface area contributed by atoms with E-state index in [0.717, 1.165) is 5.66 Å². The summed E-state index contributed by atoms with van der Waals surface area (Å²) < 4.78 is 0. The van der Waals surface area contributed by atoms with Crippen LogP contribution in [0.4, 0.5) is 0 Å². The molecule has 0 aliphatic carbocycles. The minimum absolute atomic E-state index is 0.495. The van der Waals surface area contributed by atoms with Gasteiger partial charge in [0.15, 0.2) is 0 Å². The summed E-state index contributed by atoms with van der Waals surface area (Å²) in [6.45, 7) is 13.1. The van der Waals surface area contributed by atoms with Crippen molar-refractivity contribution >= 4 is 13.2 Å². The van der Waals surface area contributed by atoms with Crippen LogP contribution in [0.5, 0.6) is 0 Å². The lowest BCUT2D eigenvalue weighted by atomic mass is 9.93. The molecular weight excluding hydrogens is 163 g/mol. The van der Waals surface area contributed by atoms with E-state index in [9.17, 15) is 0 Å². The molecule has 0 fully saturated rings. The Labute approximate surface area is 78.7 Å². The molecule has 1 atom stereocenters. The van der Waals surface area contributed by atoms with Gasteiger partial charge in [-0.3, -0.25) is 0 Å². The monoisotopic (exact) mass is 188 g/mol. The Morgan fingerprint density at radius 1 is 1.33 bits per heavy atom. The van der Waals surface area contributed by atoms with Gasteiger partial charge in [-0.15, -0.1) is 13.2 Å². The average molecular weight is 188 g/mol. The fourth-order valence-corrected chi connectivity index (χ4v) is 3.82. The van der Waals surface area contributed by atoms with Gasteiger partial charge < -0.3 is 0 Å². The van der Waals surface area contributed by atoms with E-state index in [1.54, 1.807) is 0 Å². The molecule has 0 amide bonds. The lowest BCUT2D eigenvalue weighted by Gasteiger charge is -2.33. The fourth-order valence-electron chi connectivity index (χ4n) is 1.27. The summed E-state index contributed by atoms with van der Waals surface area (Å²) in [5.74, 6) is 0. The Bertz CT molecular complexity index is 177. The first-order chi connectivity index (χ1) is 5.21. The molecule has 0 rings (SSSR count). The Morgan fingerprint density at radius 2 is 1.75 bits per heavy atom. The Kier molecular flexibility index (Phi) is 4.11. The molecule has 1 unspecified atom stereocenters. The average Bonchev–Trinajstić information content (AvgIpc) is 1.85. The van der Waals surface area contributed by atoms with Crippen molar-refractivity contribution in [3.8, 4) is 0 Å². The van der Waals surface area contributed by atoms with Crippen LogP contribution in [0.15, 0.2) is 0 Å². The van der Waals surface area contributed by atoms with Crippen LogP contribution in [-0.2, 0) is 0 Å². The summed E-state index contributed by atoms with van der Waals surface area (Å²) in [7, 11) is 0. The zero-order valence-corrected chi connectivity index (χ0v) is 10.5. The van der Waals surface area contributed by atoms with Crippen molar-refractivity contribution in [1.29, 1.82) is 0 Å². The molecule has 0 aromatic carbocycles. The number of rotatable bonds is 4. The van der Waals surface area contributed by atoms with Crippen molar-refractivity contribution < 1.29 is 0 Å². The van der Waals surface area contributed by atoms with Crippen LogP contribution < -0.4 is 0 Å². The van der Waals surface area contributed by atoms with Crippen molar-refractivity contribution in [3.63, 3.8) is 0 Å². The molecule has 0 saturated heterocycles. The second-order valence-corrected chi connectivity index (χ2v) is 9.56. The van der Waals surface area contributed by atoms with Crippen LogP contribution in [0.1, 0.15) is 41.0 Å². The van der Waals surface area contributed by atoms with Gasteiger partial charge >= 0.3 is 0 Å². The normalized spacial score (nSPS) is 17.9. The summed E-state index contributed by atoms with van der Waals surface area (Å²) in [5, 5.41) is 0. The highest BCUT2D eigenvalue weighted by molar-refractivity contribution is 7.73. The van der Waals surface area contributed by atoms with Gasteiger partial charge in [0, 0.05) is 0 Å². The molecule has 0 bridgehead atoms. The van der Waals surface area contributed by atoms with Crippen LogP contribution >= 0.6 is 6.89 Å². The van der Waals surface area contributed by atoms with E-state index < -0.39 is 6.89 Å². The summed E-state index contributed by atoms with van der Waals surface area (Å²) in [6.07, 6.45) is 7.01. The maximum atomic E-state index is 4.41. The number of hydrogen-bond donors (Lipinski definition) is 0. The highest BCUT2D eigenvalue weighted by Crippen LogP contribution is 2.50. The van der Waals surface area contributed by atoms with Crippen molar-refractivity contribution in [3.05, 3.63) is 0 Å². The van der Waals surface area contributed by atoms with Gasteiger partial charge in [0.25, 0.3) is 0 Å². The molecule has 0 saturated carbocycles. The van der Waals surface area contributed by atoms with Crippen molar-refractivity contribution in [2.75, 3.05) is 12.8 Å². The zero-order chi connectivity index (χ0) is 9.99. The van der Waals surface area contributed by atoms with Crippen LogP contribution in [0.25, 0.3) is 0 Å². The van der Waals surface area contributed by atoms with E-state index in [2.05, 4.69) is 47.6 Å². The first-order valence-electron chi connectivity index (χ1n) is 4.91. The molecule has 12 heavy (non-hydrogen) atoms. The van der Waals surface area contributed by atoms with Crippen molar-refractivity contribution in [1.82, 2.24) is 0 Å². The SMILES string of the molecule is C=P(C)(CC(C)(C)CC)C(C)C. The van der Waals surface area contributed by atoms with E-state index in [1.165, 1.54) is 12.6 Å². The third-order valence-corrected chi connectivity index (χ3v) is 7.06.